The minimum Gasteiger partial charge on any atom is -0.0304 e. The predicted molar refractivity (Wildman–Crippen MR) is 28.4 cm³/mol. The zero-order chi connectivity index (χ0) is 2.00. The fourth-order valence-corrected chi connectivity index (χ4v) is 0. The van der Waals surface area contributed by atoms with Crippen LogP contribution in [0.2, 0.25) is 0 Å². The van der Waals surface area contributed by atoms with Gasteiger partial charge in [0, 0.05) is 32.7 Å². The number of hydrogen-bond acceptors (Lipinski definition) is 0. The Morgan fingerprint density at radius 2 is 1.25 bits per heavy atom. The Morgan fingerprint density at radius 3 is 1.25 bits per heavy atom. The second-order valence-corrected chi connectivity index (χ2v) is 0. The summed E-state index contributed by atoms with van der Waals surface area (Å²) in [5.74, 6) is 0. The number of hydrogen-bond donors (Lipinski definition) is 0. The first-order chi connectivity index (χ1) is 1.00. The molecule has 0 heterocycles. The Labute approximate surface area is 66.9 Å². The van der Waals surface area contributed by atoms with E-state index in [1.165, 1.54) is 10.1 Å². The first kappa shape index (κ1) is 16.8. The average molecular weight is 163 g/mol. The van der Waals surface area contributed by atoms with Gasteiger partial charge in [0.05, 0.1) is 7.44 Å². The van der Waals surface area contributed by atoms with E-state index in [2.05, 4.69) is 7.44 Å². The number of rotatable bonds is 0. The van der Waals surface area contributed by atoms with E-state index in [0.717, 1.165) is 0 Å². The van der Waals surface area contributed by atoms with Crippen LogP contribution in [0.1, 0.15) is 0 Å². The smallest absolute Gasteiger partial charge is 0.0304 e. The third-order valence-electron chi connectivity index (χ3n) is 0. The quantitative estimate of drug-likeness (QED) is 0.328. The van der Waals surface area contributed by atoms with Gasteiger partial charge < -0.3 is 0 Å². The summed E-state index contributed by atoms with van der Waals surface area (Å²) in [6.07, 6.45) is 0. The van der Waals surface area contributed by atoms with Gasteiger partial charge >= 0.3 is 0 Å². The van der Waals surface area contributed by atoms with Crippen LogP contribution in [0.4, 0.5) is 0 Å². The van der Waals surface area contributed by atoms with Crippen LogP contribution in [0.3, 0.4) is 0 Å². The van der Waals surface area contributed by atoms with Crippen LogP contribution in [0.5, 0.6) is 0 Å². The van der Waals surface area contributed by atoms with Gasteiger partial charge in [-0.25, -0.2) is 0 Å². The van der Waals surface area contributed by atoms with Crippen molar-refractivity contribution in [2.24, 2.45) is 0 Å². The summed E-state index contributed by atoms with van der Waals surface area (Å²) in [5.41, 5.74) is 0. The van der Waals surface area contributed by atoms with E-state index in [-0.39, 0.29) is 50.1 Å². The Morgan fingerprint density at radius 1 is 1.25 bits per heavy atom. The molecule has 0 aromatic rings. The van der Waals surface area contributed by atoms with Crippen molar-refractivity contribution in [2.45, 2.75) is 0 Å². The van der Waals surface area contributed by atoms with Crippen molar-refractivity contribution < 1.29 is 32.7 Å². The third-order valence-corrected chi connectivity index (χ3v) is 0. The standard InChI is InChI=1S/Al.BH5Si.Y.3H/c;1-2;;;;/h;1H2,2H3;;;;. The van der Waals surface area contributed by atoms with Crippen molar-refractivity contribution in [3.8, 4) is 0 Å². The van der Waals surface area contributed by atoms with Gasteiger partial charge in [-0.1, -0.05) is 0 Å². The molecular weight excluding hydrogens is 155 g/mol. The Kier molecular flexibility index (Phi) is 86.2. The molecule has 0 nitrogen and oxygen atoms in total. The van der Waals surface area contributed by atoms with Gasteiger partial charge in [0.1, 0.15) is 0 Å². The maximum atomic E-state index is 2.14. The van der Waals surface area contributed by atoms with Crippen molar-refractivity contribution in [1.29, 1.82) is 0 Å². The van der Waals surface area contributed by atoms with Crippen molar-refractivity contribution >= 4 is 34.9 Å². The Balaban J connectivity index is -0.00000000500. The summed E-state index contributed by atoms with van der Waals surface area (Å²) < 4.78 is 0. The minimum absolute atomic E-state index is 0. The van der Waals surface area contributed by atoms with Gasteiger partial charge in [-0.3, -0.25) is 0 Å². The van der Waals surface area contributed by atoms with Gasteiger partial charge in [0.15, 0.2) is 17.4 Å². The molecule has 0 rings (SSSR count). The topological polar surface area (TPSA) is 0 Å². The van der Waals surface area contributed by atoms with Gasteiger partial charge in [-0.2, -0.15) is 0 Å². The molecule has 0 amide bonds. The van der Waals surface area contributed by atoms with Gasteiger partial charge in [0.2, 0.25) is 0 Å². The van der Waals surface area contributed by atoms with Crippen LogP contribution in [-0.2, 0) is 32.7 Å². The van der Waals surface area contributed by atoms with E-state index in [9.17, 15) is 0 Å². The summed E-state index contributed by atoms with van der Waals surface area (Å²) in [7, 11) is 3.44. The van der Waals surface area contributed by atoms with Gasteiger partial charge in [-0.05, 0) is 10.1 Å². The molecule has 4 heteroatoms. The Bertz CT molecular complexity index is 8.00. The first-order valence-corrected chi connectivity index (χ1v) is 3.00. The van der Waals surface area contributed by atoms with E-state index in [1.54, 1.807) is 0 Å². The normalized spacial score (nSPS) is 2.00. The molecule has 0 N–H and O–H groups in total. The van der Waals surface area contributed by atoms with Crippen LogP contribution in [0.25, 0.3) is 0 Å². The first-order valence-electron chi connectivity index (χ1n) is 1.00. The van der Waals surface area contributed by atoms with Crippen LogP contribution in [-0.4, -0.2) is 34.9 Å². The SMILES string of the molecule is B[SiH3].[AlH3].[Y]. The Hall–Kier alpha value is 1.92. The fraction of sp³-hybridized carbons (Fsp3) is 0. The van der Waals surface area contributed by atoms with E-state index in [1.807, 2.05) is 0 Å². The molecule has 4 heavy (non-hydrogen) atoms. The van der Waals surface area contributed by atoms with E-state index in [4.69, 9.17) is 0 Å². The van der Waals surface area contributed by atoms with Crippen molar-refractivity contribution in [3.63, 3.8) is 0 Å². The zero-order valence-electron chi connectivity index (χ0n) is 2.58. The maximum absolute atomic E-state index is 2.14. The maximum Gasteiger partial charge on any atom is 0.187 e. The van der Waals surface area contributed by atoms with Crippen LogP contribution in [0, 0.1) is 0 Å². The van der Waals surface area contributed by atoms with E-state index in [0.29, 0.717) is 0 Å². The molecule has 0 saturated carbocycles. The average Bonchev–Trinajstić information content (AvgIpc) is 1.00. The van der Waals surface area contributed by atoms with Crippen LogP contribution in [0.15, 0.2) is 0 Å². The summed E-state index contributed by atoms with van der Waals surface area (Å²) in [6.45, 7) is 0. The van der Waals surface area contributed by atoms with Crippen molar-refractivity contribution in [1.82, 2.24) is 0 Å². The molecule has 0 aliphatic heterocycles. The summed E-state index contributed by atoms with van der Waals surface area (Å²) in [5, 5.41) is 0. The molecule has 0 aromatic carbocycles. The van der Waals surface area contributed by atoms with Crippen molar-refractivity contribution in [3.05, 3.63) is 0 Å². The molecule has 0 saturated heterocycles. The monoisotopic (exact) mass is 163 g/mol. The van der Waals surface area contributed by atoms with Crippen LogP contribution >= 0.6 is 0 Å². The molecule has 0 aliphatic rings. The molecule has 0 aromatic heterocycles. The molecule has 0 fully saturated rings. The third kappa shape index (κ3) is 9.07. The van der Waals surface area contributed by atoms with E-state index < -0.39 is 0 Å². The van der Waals surface area contributed by atoms with E-state index >= 15 is 0 Å². The molecule has 0 spiro atoms. The molecule has 0 bridgehead atoms. The van der Waals surface area contributed by atoms with Gasteiger partial charge in [-0.15, -0.1) is 0 Å². The zero-order valence-corrected chi connectivity index (χ0v) is 7.42. The molecule has 0 aliphatic carbocycles. The predicted octanol–water partition coefficient (Wildman–Crippen LogP) is -3.29. The van der Waals surface area contributed by atoms with Crippen molar-refractivity contribution in [2.75, 3.05) is 0 Å². The molecular formula is H8AlBSiY. The summed E-state index contributed by atoms with van der Waals surface area (Å²) >= 11 is 0. The second-order valence-electron chi connectivity index (χ2n) is 0. The van der Waals surface area contributed by atoms with Gasteiger partial charge in [0.25, 0.3) is 0 Å². The fourth-order valence-electron chi connectivity index (χ4n) is 0. The molecule has 0 unspecified atom stereocenters. The minimum atomic E-state index is 0. The summed E-state index contributed by atoms with van der Waals surface area (Å²) in [4.78, 5) is 0. The molecule has 1 radical (unpaired) electrons. The second kappa shape index (κ2) is 20.5. The largest absolute Gasteiger partial charge is 0.187 e. The summed E-state index contributed by atoms with van der Waals surface area (Å²) in [6, 6.07) is 0. The molecule has 21 valence electrons. The van der Waals surface area contributed by atoms with Crippen LogP contribution < -0.4 is 0 Å². The molecule has 0 atom stereocenters.